The summed E-state index contributed by atoms with van der Waals surface area (Å²) in [5.41, 5.74) is 4.51. The van der Waals surface area contributed by atoms with Crippen LogP contribution in [0.4, 0.5) is 4.39 Å². The highest BCUT2D eigenvalue weighted by atomic mass is 19.1. The van der Waals surface area contributed by atoms with E-state index in [4.69, 9.17) is 9.47 Å². The molecule has 7 nitrogen and oxygen atoms in total. The lowest BCUT2D eigenvalue weighted by atomic mass is 9.90. The smallest absolute Gasteiger partial charge is 0.217 e. The van der Waals surface area contributed by atoms with Gasteiger partial charge in [0.05, 0.1) is 30.4 Å². The van der Waals surface area contributed by atoms with Gasteiger partial charge in [0.25, 0.3) is 0 Å². The van der Waals surface area contributed by atoms with Gasteiger partial charge in [-0.1, -0.05) is 30.3 Å². The summed E-state index contributed by atoms with van der Waals surface area (Å²) in [7, 11) is 0. The summed E-state index contributed by atoms with van der Waals surface area (Å²) in [5, 5.41) is 12.2. The second-order valence-electron chi connectivity index (χ2n) is 8.98. The maximum Gasteiger partial charge on any atom is 0.217 e. The molecule has 0 bridgehead atoms. The lowest BCUT2D eigenvalue weighted by molar-refractivity contribution is -0.119. The highest BCUT2D eigenvalue weighted by Crippen LogP contribution is 2.31. The summed E-state index contributed by atoms with van der Waals surface area (Å²) in [6, 6.07) is 11.2. The number of rotatable bonds is 6. The van der Waals surface area contributed by atoms with E-state index in [-0.39, 0.29) is 36.5 Å². The number of halogens is 1. The summed E-state index contributed by atoms with van der Waals surface area (Å²) >= 11 is 0. The number of hydrogen-bond donors (Lipinski definition) is 3. The molecule has 0 spiro atoms. The number of nitrogens with zero attached hydrogens (tertiary/aromatic N) is 1. The lowest BCUT2D eigenvalue weighted by Crippen LogP contribution is -2.33. The molecule has 5 rings (SSSR count). The Kier molecular flexibility index (Phi) is 6.34. The van der Waals surface area contributed by atoms with Crippen molar-refractivity contribution in [1.29, 1.82) is 0 Å². The molecular weight excluding hydrogens is 437 g/mol. The summed E-state index contributed by atoms with van der Waals surface area (Å²) in [6.07, 6.45) is 5.02. The minimum Gasteiger partial charge on any atom is -0.473 e. The maximum absolute atomic E-state index is 14.9. The molecule has 178 valence electrons. The molecule has 0 radical (unpaired) electrons. The number of allylic oxidation sites excluding steroid dienone is 1. The number of H-pyrrole nitrogens is 1. The molecule has 34 heavy (non-hydrogen) atoms. The molecule has 2 aromatic heterocycles. The van der Waals surface area contributed by atoms with Crippen LogP contribution in [-0.2, 0) is 9.53 Å². The number of aromatic nitrogens is 2. The molecule has 3 aromatic rings. The van der Waals surface area contributed by atoms with E-state index in [1.165, 1.54) is 11.6 Å². The number of aliphatic hydroxyl groups is 1. The third-order valence-corrected chi connectivity index (χ3v) is 6.42. The van der Waals surface area contributed by atoms with Gasteiger partial charge in [0.2, 0.25) is 5.91 Å². The van der Waals surface area contributed by atoms with Crippen LogP contribution in [0.2, 0.25) is 0 Å². The summed E-state index contributed by atoms with van der Waals surface area (Å²) in [6.45, 7) is 1.92. The Hall–Kier alpha value is -3.23. The van der Waals surface area contributed by atoms with Crippen molar-refractivity contribution in [3.05, 3.63) is 53.9 Å². The van der Waals surface area contributed by atoms with Crippen LogP contribution >= 0.6 is 0 Å². The van der Waals surface area contributed by atoms with Crippen molar-refractivity contribution in [3.63, 3.8) is 0 Å². The zero-order valence-corrected chi connectivity index (χ0v) is 19.0. The van der Waals surface area contributed by atoms with Crippen molar-refractivity contribution < 1.29 is 23.8 Å². The van der Waals surface area contributed by atoms with Crippen LogP contribution in [0.3, 0.4) is 0 Å². The molecule has 1 saturated heterocycles. The second-order valence-corrected chi connectivity index (χ2v) is 8.98. The average molecular weight is 466 g/mol. The third-order valence-electron chi connectivity index (χ3n) is 6.42. The van der Waals surface area contributed by atoms with E-state index < -0.39 is 5.82 Å². The van der Waals surface area contributed by atoms with E-state index in [0.717, 1.165) is 24.8 Å². The van der Waals surface area contributed by atoms with E-state index in [0.29, 0.717) is 35.5 Å². The number of aromatic amines is 1. The van der Waals surface area contributed by atoms with Crippen molar-refractivity contribution in [2.45, 2.75) is 50.9 Å². The van der Waals surface area contributed by atoms with Crippen molar-refractivity contribution in [1.82, 2.24) is 15.3 Å². The highest BCUT2D eigenvalue weighted by molar-refractivity contribution is 5.81. The number of benzene rings is 1. The van der Waals surface area contributed by atoms with Crippen LogP contribution in [0, 0.1) is 5.82 Å². The molecule has 3 heterocycles. The number of carbonyl (C=O) groups excluding carboxylic acids is 1. The first-order valence-corrected chi connectivity index (χ1v) is 11.6. The Bertz CT molecular complexity index is 1220. The van der Waals surface area contributed by atoms with E-state index in [1.54, 1.807) is 13.0 Å². The molecular formula is C26H28FN3O4. The number of ether oxygens (including phenoxy) is 2. The van der Waals surface area contributed by atoms with E-state index in [9.17, 15) is 14.3 Å². The maximum atomic E-state index is 14.9. The molecule has 3 atom stereocenters. The minimum absolute atomic E-state index is 0.00157. The van der Waals surface area contributed by atoms with Crippen LogP contribution < -0.4 is 10.1 Å². The summed E-state index contributed by atoms with van der Waals surface area (Å²) in [5.74, 6) is 0.0957. The fraction of sp³-hybridized carbons (Fsp3) is 0.385. The summed E-state index contributed by atoms with van der Waals surface area (Å²) in [4.78, 5) is 18.9. The normalized spacial score (nSPS) is 22.6. The number of nitrogens with one attached hydrogen (secondary N) is 2. The third kappa shape index (κ3) is 4.83. The Morgan fingerprint density at radius 1 is 1.29 bits per heavy atom. The largest absolute Gasteiger partial charge is 0.473 e. The van der Waals surface area contributed by atoms with Gasteiger partial charge in [0, 0.05) is 37.1 Å². The predicted molar refractivity (Wildman–Crippen MR) is 127 cm³/mol. The first kappa shape index (κ1) is 22.6. The van der Waals surface area contributed by atoms with Crippen LogP contribution in [0.15, 0.2) is 42.5 Å². The second kappa shape index (κ2) is 9.56. The molecule has 1 fully saturated rings. The quantitative estimate of drug-likeness (QED) is 0.512. The zero-order valence-electron chi connectivity index (χ0n) is 19.0. The molecule has 3 N–H and O–H groups in total. The lowest BCUT2D eigenvalue weighted by Gasteiger charge is -2.22. The van der Waals surface area contributed by atoms with Gasteiger partial charge in [-0.15, -0.1) is 0 Å². The number of carbonyl (C=O) groups is 1. The van der Waals surface area contributed by atoms with Gasteiger partial charge < -0.3 is 24.9 Å². The van der Waals surface area contributed by atoms with Crippen LogP contribution in [0.25, 0.3) is 27.9 Å². The fourth-order valence-corrected chi connectivity index (χ4v) is 4.69. The van der Waals surface area contributed by atoms with E-state index in [1.807, 2.05) is 24.3 Å². The van der Waals surface area contributed by atoms with Gasteiger partial charge in [0.1, 0.15) is 11.8 Å². The topological polar surface area (TPSA) is 96.5 Å². The van der Waals surface area contributed by atoms with Gasteiger partial charge >= 0.3 is 0 Å². The summed E-state index contributed by atoms with van der Waals surface area (Å²) < 4.78 is 26.3. The fourth-order valence-electron chi connectivity index (χ4n) is 4.69. The minimum atomic E-state index is -0.409. The number of aliphatic hydroxyl groups excluding tert-OH is 1. The van der Waals surface area contributed by atoms with E-state index in [2.05, 4.69) is 21.4 Å². The van der Waals surface area contributed by atoms with Gasteiger partial charge in [-0.2, -0.15) is 0 Å². The standard InChI is InChI=1S/C26H28FN3O4/c1-15(32)28-19-8-6-17(7-9-19)16-2-4-18(5-3-16)26-22(27)11-23-24(30-26)12-25(29-23)34-21-10-20(13-31)33-14-21/h2-6,11-12,19-21,29,31H,7-10,13-14H2,1H3,(H,28,32)/t19?,20-,21-/m0/s1. The van der Waals surface area contributed by atoms with Crippen LogP contribution in [0.5, 0.6) is 5.88 Å². The van der Waals surface area contributed by atoms with Gasteiger partial charge in [-0.3, -0.25) is 4.79 Å². The number of fused-ring (bicyclic) bond motifs is 1. The number of pyridine rings is 1. The van der Waals surface area contributed by atoms with Crippen LogP contribution in [0.1, 0.15) is 38.2 Å². The predicted octanol–water partition coefficient (Wildman–Crippen LogP) is 3.97. The Balaban J connectivity index is 1.31. The van der Waals surface area contributed by atoms with Gasteiger partial charge in [-0.25, -0.2) is 9.37 Å². The molecule has 1 aliphatic carbocycles. The Labute approximate surface area is 197 Å². The molecule has 8 heteroatoms. The monoisotopic (exact) mass is 465 g/mol. The van der Waals surface area contributed by atoms with Crippen LogP contribution in [-0.4, -0.2) is 52.4 Å². The van der Waals surface area contributed by atoms with Crippen molar-refractivity contribution in [3.8, 4) is 17.1 Å². The molecule has 1 unspecified atom stereocenters. The molecule has 1 aromatic carbocycles. The van der Waals surface area contributed by atoms with E-state index >= 15 is 0 Å². The average Bonchev–Trinajstić information content (AvgIpc) is 3.45. The Morgan fingerprint density at radius 2 is 2.09 bits per heavy atom. The van der Waals surface area contributed by atoms with Crippen molar-refractivity contribution >= 4 is 22.5 Å². The molecule has 2 aliphatic rings. The molecule has 1 aliphatic heterocycles. The first-order valence-electron chi connectivity index (χ1n) is 11.6. The van der Waals surface area contributed by atoms with Crippen molar-refractivity contribution in [2.75, 3.05) is 13.2 Å². The first-order chi connectivity index (χ1) is 16.5. The molecule has 1 amide bonds. The zero-order chi connectivity index (χ0) is 23.7. The Morgan fingerprint density at radius 3 is 2.76 bits per heavy atom. The van der Waals surface area contributed by atoms with Gasteiger partial charge in [0.15, 0.2) is 11.7 Å². The van der Waals surface area contributed by atoms with Crippen molar-refractivity contribution in [2.24, 2.45) is 0 Å². The molecule has 0 saturated carbocycles. The number of hydrogen-bond acceptors (Lipinski definition) is 5. The van der Waals surface area contributed by atoms with Gasteiger partial charge in [-0.05, 0) is 30.4 Å². The SMILES string of the molecule is CC(=O)NC1CC=C(c2ccc(-c3nc4cc(O[C@@H]5CO[C@H](CO)C5)[nH]c4cc3F)cc2)CC1. The highest BCUT2D eigenvalue weighted by Gasteiger charge is 2.27. The number of amides is 1.